The molecule has 0 aliphatic carbocycles. The molecule has 0 radical (unpaired) electrons. The molecular weight excluding hydrogens is 282 g/mol. The van der Waals surface area contributed by atoms with Gasteiger partial charge in [-0.1, -0.05) is 60.2 Å². The van der Waals surface area contributed by atoms with Crippen LogP contribution in [-0.4, -0.2) is 17.4 Å². The number of nitrogens with zero attached hydrogens (tertiary/aromatic N) is 1. The van der Waals surface area contributed by atoms with Gasteiger partial charge in [-0.05, 0) is 25.0 Å². The number of rotatable bonds is 5. The lowest BCUT2D eigenvalue weighted by molar-refractivity contribution is -0.131. The van der Waals surface area contributed by atoms with Crippen molar-refractivity contribution in [2.45, 2.75) is 25.8 Å². The molecule has 0 fully saturated rings. The monoisotopic (exact) mass is 301 g/mol. The maximum Gasteiger partial charge on any atom is 0.245 e. The summed E-state index contributed by atoms with van der Waals surface area (Å²) < 4.78 is 0. The number of benzene rings is 2. The average Bonchev–Trinajstić information content (AvgIpc) is 2.52. The molecule has 110 valence electrons. The number of aryl methyl sites for hydroxylation is 1. The minimum Gasteiger partial charge on any atom is -0.337 e. The van der Waals surface area contributed by atoms with E-state index in [9.17, 15) is 4.79 Å². The Morgan fingerprint density at radius 3 is 2.48 bits per heavy atom. The van der Waals surface area contributed by atoms with E-state index in [-0.39, 0.29) is 5.91 Å². The van der Waals surface area contributed by atoms with Crippen LogP contribution >= 0.6 is 11.6 Å². The van der Waals surface area contributed by atoms with Crippen molar-refractivity contribution in [2.75, 3.05) is 6.54 Å². The van der Waals surface area contributed by atoms with Crippen molar-refractivity contribution in [2.24, 2.45) is 0 Å². The minimum absolute atomic E-state index is 0.0492. The van der Waals surface area contributed by atoms with Crippen LogP contribution in [0.1, 0.15) is 29.0 Å². The average molecular weight is 302 g/mol. The van der Waals surface area contributed by atoms with Crippen LogP contribution in [0.15, 0.2) is 54.6 Å². The molecule has 0 aromatic heterocycles. The number of halogens is 1. The van der Waals surface area contributed by atoms with Crippen LogP contribution in [0.4, 0.5) is 0 Å². The van der Waals surface area contributed by atoms with Gasteiger partial charge in [-0.3, -0.25) is 4.79 Å². The molecule has 0 aliphatic heterocycles. The van der Waals surface area contributed by atoms with Gasteiger partial charge in [0.1, 0.15) is 5.38 Å². The largest absolute Gasteiger partial charge is 0.337 e. The number of carbonyl (C=O) groups is 1. The van der Waals surface area contributed by atoms with E-state index in [0.29, 0.717) is 13.1 Å². The van der Waals surface area contributed by atoms with Gasteiger partial charge in [-0.25, -0.2) is 0 Å². The molecule has 1 amide bonds. The molecule has 0 bridgehead atoms. The zero-order chi connectivity index (χ0) is 15.2. The molecule has 2 nitrogen and oxygen atoms in total. The molecule has 0 saturated carbocycles. The van der Waals surface area contributed by atoms with Crippen LogP contribution in [-0.2, 0) is 11.3 Å². The molecule has 0 heterocycles. The van der Waals surface area contributed by atoms with E-state index in [1.54, 1.807) is 4.90 Å². The number of alkyl halides is 1. The van der Waals surface area contributed by atoms with Crippen molar-refractivity contribution in [3.63, 3.8) is 0 Å². The predicted molar refractivity (Wildman–Crippen MR) is 87.3 cm³/mol. The number of carbonyl (C=O) groups excluding carboxylic acids is 1. The van der Waals surface area contributed by atoms with E-state index in [2.05, 4.69) is 19.1 Å². The Labute approximate surface area is 131 Å². The van der Waals surface area contributed by atoms with Gasteiger partial charge in [0.05, 0.1) is 0 Å². The highest BCUT2D eigenvalue weighted by Crippen LogP contribution is 2.23. The fraction of sp³-hybridized carbons (Fsp3) is 0.278. The number of hydrogen-bond donors (Lipinski definition) is 0. The van der Waals surface area contributed by atoms with Crippen LogP contribution in [0.3, 0.4) is 0 Å². The van der Waals surface area contributed by atoms with E-state index in [0.717, 1.165) is 11.1 Å². The van der Waals surface area contributed by atoms with E-state index < -0.39 is 5.38 Å². The Morgan fingerprint density at radius 1 is 1.14 bits per heavy atom. The van der Waals surface area contributed by atoms with Gasteiger partial charge in [0.15, 0.2) is 0 Å². The SMILES string of the molecule is CCN(Cc1cccc(C)c1)C(=O)C(Cl)c1ccccc1. The summed E-state index contributed by atoms with van der Waals surface area (Å²) in [5.41, 5.74) is 3.16. The first-order chi connectivity index (χ1) is 10.1. The lowest BCUT2D eigenvalue weighted by atomic mass is 10.1. The minimum atomic E-state index is -0.629. The second-order valence-corrected chi connectivity index (χ2v) is 5.55. The maximum atomic E-state index is 12.6. The van der Waals surface area contributed by atoms with Gasteiger partial charge in [0, 0.05) is 13.1 Å². The Morgan fingerprint density at radius 2 is 1.86 bits per heavy atom. The molecule has 0 N–H and O–H groups in total. The molecule has 0 spiro atoms. The van der Waals surface area contributed by atoms with Crippen LogP contribution in [0, 0.1) is 6.92 Å². The van der Waals surface area contributed by atoms with Crippen LogP contribution < -0.4 is 0 Å². The van der Waals surface area contributed by atoms with Crippen molar-refractivity contribution < 1.29 is 4.79 Å². The predicted octanol–water partition coefficient (Wildman–Crippen LogP) is 4.32. The zero-order valence-electron chi connectivity index (χ0n) is 12.4. The quantitative estimate of drug-likeness (QED) is 0.753. The topological polar surface area (TPSA) is 20.3 Å². The van der Waals surface area contributed by atoms with Crippen molar-refractivity contribution in [1.29, 1.82) is 0 Å². The van der Waals surface area contributed by atoms with Crippen molar-refractivity contribution >= 4 is 17.5 Å². The summed E-state index contributed by atoms with van der Waals surface area (Å²) in [7, 11) is 0. The van der Waals surface area contributed by atoms with Gasteiger partial charge in [0.2, 0.25) is 5.91 Å². The molecule has 2 rings (SSSR count). The highest BCUT2D eigenvalue weighted by molar-refractivity contribution is 6.30. The number of hydrogen-bond acceptors (Lipinski definition) is 1. The summed E-state index contributed by atoms with van der Waals surface area (Å²) in [5.74, 6) is -0.0492. The Bertz CT molecular complexity index is 597. The van der Waals surface area contributed by atoms with Gasteiger partial charge in [-0.15, -0.1) is 11.6 Å². The summed E-state index contributed by atoms with van der Waals surface area (Å²) in [5, 5.41) is -0.629. The van der Waals surface area contributed by atoms with Crippen LogP contribution in [0.2, 0.25) is 0 Å². The van der Waals surface area contributed by atoms with Crippen molar-refractivity contribution in [1.82, 2.24) is 4.90 Å². The fourth-order valence-electron chi connectivity index (χ4n) is 2.30. The van der Waals surface area contributed by atoms with Crippen molar-refractivity contribution in [3.05, 3.63) is 71.3 Å². The summed E-state index contributed by atoms with van der Waals surface area (Å²) in [6.45, 7) is 5.26. The first-order valence-electron chi connectivity index (χ1n) is 7.15. The molecule has 0 aliphatic rings. The second-order valence-electron chi connectivity index (χ2n) is 5.11. The third-order valence-corrected chi connectivity index (χ3v) is 3.90. The molecule has 2 aromatic rings. The smallest absolute Gasteiger partial charge is 0.245 e. The van der Waals surface area contributed by atoms with Gasteiger partial charge in [0.25, 0.3) is 0 Å². The number of amides is 1. The number of likely N-dealkylation sites (N-methyl/N-ethyl adjacent to an activating group) is 1. The molecule has 1 atom stereocenters. The van der Waals surface area contributed by atoms with E-state index in [1.165, 1.54) is 5.56 Å². The summed E-state index contributed by atoms with van der Waals surface area (Å²) in [6.07, 6.45) is 0. The summed E-state index contributed by atoms with van der Waals surface area (Å²) >= 11 is 6.34. The first-order valence-corrected chi connectivity index (χ1v) is 7.58. The lowest BCUT2D eigenvalue weighted by Crippen LogP contribution is -2.33. The lowest BCUT2D eigenvalue weighted by Gasteiger charge is -2.24. The Balaban J connectivity index is 2.12. The summed E-state index contributed by atoms with van der Waals surface area (Å²) in [4.78, 5) is 14.3. The van der Waals surface area contributed by atoms with Gasteiger partial charge < -0.3 is 4.90 Å². The highest BCUT2D eigenvalue weighted by Gasteiger charge is 2.22. The molecule has 0 saturated heterocycles. The molecule has 2 aromatic carbocycles. The van der Waals surface area contributed by atoms with Crippen LogP contribution in [0.25, 0.3) is 0 Å². The van der Waals surface area contributed by atoms with E-state index in [4.69, 9.17) is 11.6 Å². The third-order valence-electron chi connectivity index (χ3n) is 3.46. The van der Waals surface area contributed by atoms with Crippen molar-refractivity contribution in [3.8, 4) is 0 Å². The standard InChI is InChI=1S/C18H20ClNO/c1-3-20(13-15-9-7-8-14(2)12-15)18(21)17(19)16-10-5-4-6-11-16/h4-12,17H,3,13H2,1-2H3. The van der Waals surface area contributed by atoms with Gasteiger partial charge >= 0.3 is 0 Å². The van der Waals surface area contributed by atoms with Crippen LogP contribution in [0.5, 0.6) is 0 Å². The maximum absolute atomic E-state index is 12.6. The van der Waals surface area contributed by atoms with Gasteiger partial charge in [-0.2, -0.15) is 0 Å². The first kappa shape index (κ1) is 15.6. The second kappa shape index (κ2) is 7.28. The Kier molecular flexibility index (Phi) is 5.40. The normalized spacial score (nSPS) is 12.0. The zero-order valence-corrected chi connectivity index (χ0v) is 13.2. The highest BCUT2D eigenvalue weighted by atomic mass is 35.5. The summed E-state index contributed by atoms with van der Waals surface area (Å²) in [6, 6.07) is 17.7. The fourth-order valence-corrected chi connectivity index (χ4v) is 2.58. The van der Waals surface area contributed by atoms with E-state index in [1.807, 2.05) is 49.4 Å². The molecule has 21 heavy (non-hydrogen) atoms. The molecule has 3 heteroatoms. The third kappa shape index (κ3) is 4.08. The molecule has 1 unspecified atom stereocenters. The molecular formula is C18H20ClNO. The van der Waals surface area contributed by atoms with E-state index >= 15 is 0 Å². The Hall–Kier alpha value is -1.80.